The van der Waals surface area contributed by atoms with Crippen molar-refractivity contribution < 1.29 is 0 Å². The molecule has 0 saturated carbocycles. The van der Waals surface area contributed by atoms with Crippen molar-refractivity contribution in [1.29, 1.82) is 0 Å². The summed E-state index contributed by atoms with van der Waals surface area (Å²) >= 11 is 1.80. The van der Waals surface area contributed by atoms with E-state index < -0.39 is 0 Å². The molecule has 19 heavy (non-hydrogen) atoms. The van der Waals surface area contributed by atoms with Gasteiger partial charge in [-0.3, -0.25) is 0 Å². The zero-order chi connectivity index (χ0) is 13.7. The predicted octanol–water partition coefficient (Wildman–Crippen LogP) is 4.45. The highest BCUT2D eigenvalue weighted by Gasteiger charge is 2.11. The van der Waals surface area contributed by atoms with Crippen molar-refractivity contribution >= 4 is 11.8 Å². The number of aromatic amines is 1. The lowest BCUT2D eigenvalue weighted by atomic mass is 10.1. The summed E-state index contributed by atoms with van der Waals surface area (Å²) in [6.45, 7) is 6.60. The van der Waals surface area contributed by atoms with Crippen LogP contribution in [0.25, 0.3) is 0 Å². The lowest BCUT2D eigenvalue weighted by Crippen LogP contribution is -1.94. The third-order valence-electron chi connectivity index (χ3n) is 2.90. The number of H-pyrrole nitrogens is 1. The second kappa shape index (κ2) is 6.80. The van der Waals surface area contributed by atoms with Crippen LogP contribution in [-0.2, 0) is 12.8 Å². The van der Waals surface area contributed by atoms with E-state index in [2.05, 4.69) is 56.1 Å². The Bertz CT molecular complexity index is 503. The molecular formula is C16H22N2S. The summed E-state index contributed by atoms with van der Waals surface area (Å²) in [7, 11) is 0. The van der Waals surface area contributed by atoms with Gasteiger partial charge in [-0.15, -0.1) is 0 Å². The number of aromatic nitrogens is 2. The van der Waals surface area contributed by atoms with E-state index in [1.54, 1.807) is 11.8 Å². The zero-order valence-corrected chi connectivity index (χ0v) is 12.8. The SMILES string of the molecule is CCCc1nc(SC(C)C)[nH]c1Cc1ccccc1. The minimum Gasteiger partial charge on any atom is -0.336 e. The quantitative estimate of drug-likeness (QED) is 0.788. The second-order valence-corrected chi connectivity index (χ2v) is 6.61. The van der Waals surface area contributed by atoms with E-state index in [9.17, 15) is 0 Å². The molecule has 102 valence electrons. The third-order valence-corrected chi connectivity index (χ3v) is 3.79. The maximum absolute atomic E-state index is 4.74. The fourth-order valence-corrected chi connectivity index (χ4v) is 2.88. The van der Waals surface area contributed by atoms with Crippen LogP contribution in [0.4, 0.5) is 0 Å². The Morgan fingerprint density at radius 3 is 2.58 bits per heavy atom. The van der Waals surface area contributed by atoms with E-state index in [1.807, 2.05) is 0 Å². The number of benzene rings is 1. The summed E-state index contributed by atoms with van der Waals surface area (Å²) in [5.74, 6) is 0. The van der Waals surface area contributed by atoms with Gasteiger partial charge in [-0.1, -0.05) is 69.3 Å². The maximum Gasteiger partial charge on any atom is 0.166 e. The van der Waals surface area contributed by atoms with E-state index in [4.69, 9.17) is 4.98 Å². The summed E-state index contributed by atoms with van der Waals surface area (Å²) in [5.41, 5.74) is 3.84. The van der Waals surface area contributed by atoms with Gasteiger partial charge in [0, 0.05) is 17.4 Å². The Hall–Kier alpha value is -1.22. The van der Waals surface area contributed by atoms with Gasteiger partial charge in [0.1, 0.15) is 0 Å². The first-order valence-electron chi connectivity index (χ1n) is 6.97. The van der Waals surface area contributed by atoms with E-state index in [0.717, 1.165) is 24.4 Å². The summed E-state index contributed by atoms with van der Waals surface area (Å²) in [6.07, 6.45) is 3.14. The molecule has 0 saturated heterocycles. The van der Waals surface area contributed by atoms with E-state index in [0.29, 0.717) is 5.25 Å². The highest BCUT2D eigenvalue weighted by Crippen LogP contribution is 2.23. The van der Waals surface area contributed by atoms with E-state index in [1.165, 1.54) is 17.0 Å². The van der Waals surface area contributed by atoms with Gasteiger partial charge >= 0.3 is 0 Å². The molecule has 2 rings (SSSR count). The Balaban J connectivity index is 2.19. The molecule has 0 atom stereocenters. The zero-order valence-electron chi connectivity index (χ0n) is 11.9. The maximum atomic E-state index is 4.74. The van der Waals surface area contributed by atoms with Crippen LogP contribution in [0.3, 0.4) is 0 Å². The van der Waals surface area contributed by atoms with Gasteiger partial charge in [-0.05, 0) is 12.0 Å². The average Bonchev–Trinajstić information content (AvgIpc) is 2.72. The van der Waals surface area contributed by atoms with Crippen LogP contribution in [0.5, 0.6) is 0 Å². The Morgan fingerprint density at radius 2 is 1.95 bits per heavy atom. The van der Waals surface area contributed by atoms with Gasteiger partial charge in [0.2, 0.25) is 0 Å². The second-order valence-electron chi connectivity index (χ2n) is 5.05. The third kappa shape index (κ3) is 4.13. The molecule has 0 unspecified atom stereocenters. The summed E-state index contributed by atoms with van der Waals surface area (Å²) in [6, 6.07) is 10.6. The van der Waals surface area contributed by atoms with Gasteiger partial charge in [0.15, 0.2) is 5.16 Å². The minimum absolute atomic E-state index is 0.560. The molecule has 0 amide bonds. The van der Waals surface area contributed by atoms with Crippen molar-refractivity contribution in [2.75, 3.05) is 0 Å². The predicted molar refractivity (Wildman–Crippen MR) is 82.8 cm³/mol. The normalized spacial score (nSPS) is 11.2. The number of thioether (sulfide) groups is 1. The Morgan fingerprint density at radius 1 is 1.21 bits per heavy atom. The molecule has 0 radical (unpaired) electrons. The molecule has 1 heterocycles. The van der Waals surface area contributed by atoms with Gasteiger partial charge in [0.05, 0.1) is 5.69 Å². The lowest BCUT2D eigenvalue weighted by Gasteiger charge is -2.02. The van der Waals surface area contributed by atoms with Crippen LogP contribution in [0.15, 0.2) is 35.5 Å². The number of nitrogens with zero attached hydrogens (tertiary/aromatic N) is 1. The smallest absolute Gasteiger partial charge is 0.166 e. The standard InChI is InChI=1S/C16H22N2S/c1-4-8-14-15(11-13-9-6-5-7-10-13)18-16(17-14)19-12(2)3/h5-7,9-10,12H,4,8,11H2,1-3H3,(H,17,18). The summed E-state index contributed by atoms with van der Waals surface area (Å²) in [4.78, 5) is 8.24. The van der Waals surface area contributed by atoms with Crippen molar-refractivity contribution in [2.24, 2.45) is 0 Å². The molecule has 3 heteroatoms. The van der Waals surface area contributed by atoms with E-state index >= 15 is 0 Å². The molecule has 1 aromatic carbocycles. The van der Waals surface area contributed by atoms with Crippen LogP contribution in [-0.4, -0.2) is 15.2 Å². The number of imidazole rings is 1. The van der Waals surface area contributed by atoms with Crippen molar-refractivity contribution in [2.45, 2.75) is 50.4 Å². The average molecular weight is 274 g/mol. The topological polar surface area (TPSA) is 28.7 Å². The van der Waals surface area contributed by atoms with Crippen LogP contribution in [0.2, 0.25) is 0 Å². The monoisotopic (exact) mass is 274 g/mol. The van der Waals surface area contributed by atoms with Gasteiger partial charge in [0.25, 0.3) is 0 Å². The number of nitrogens with one attached hydrogen (secondary N) is 1. The van der Waals surface area contributed by atoms with Crippen molar-refractivity contribution in [3.8, 4) is 0 Å². The van der Waals surface area contributed by atoms with Gasteiger partial charge in [-0.25, -0.2) is 4.98 Å². The van der Waals surface area contributed by atoms with Crippen LogP contribution in [0, 0.1) is 0 Å². The molecule has 0 spiro atoms. The van der Waals surface area contributed by atoms with Crippen molar-refractivity contribution in [3.05, 3.63) is 47.3 Å². The van der Waals surface area contributed by atoms with Crippen LogP contribution < -0.4 is 0 Å². The van der Waals surface area contributed by atoms with Crippen molar-refractivity contribution in [1.82, 2.24) is 9.97 Å². The highest BCUT2D eigenvalue weighted by molar-refractivity contribution is 7.99. The molecule has 2 aromatic rings. The summed E-state index contributed by atoms with van der Waals surface area (Å²) in [5, 5.41) is 1.62. The molecule has 0 aliphatic heterocycles. The molecular weight excluding hydrogens is 252 g/mol. The molecule has 0 bridgehead atoms. The first-order chi connectivity index (χ1) is 9.19. The largest absolute Gasteiger partial charge is 0.336 e. The highest BCUT2D eigenvalue weighted by atomic mass is 32.2. The molecule has 2 nitrogen and oxygen atoms in total. The fraction of sp³-hybridized carbons (Fsp3) is 0.438. The first-order valence-corrected chi connectivity index (χ1v) is 7.85. The van der Waals surface area contributed by atoms with Crippen LogP contribution in [0.1, 0.15) is 44.1 Å². The number of hydrogen-bond donors (Lipinski definition) is 1. The van der Waals surface area contributed by atoms with Crippen LogP contribution >= 0.6 is 11.8 Å². The minimum atomic E-state index is 0.560. The van der Waals surface area contributed by atoms with E-state index in [-0.39, 0.29) is 0 Å². The molecule has 0 fully saturated rings. The molecule has 0 aliphatic rings. The Labute approximate surface area is 120 Å². The molecule has 1 aromatic heterocycles. The van der Waals surface area contributed by atoms with Gasteiger partial charge in [-0.2, -0.15) is 0 Å². The fourth-order valence-electron chi connectivity index (χ4n) is 2.09. The number of rotatable bonds is 6. The lowest BCUT2D eigenvalue weighted by molar-refractivity contribution is 0.866. The molecule has 1 N–H and O–H groups in total. The first kappa shape index (κ1) is 14.2. The number of hydrogen-bond acceptors (Lipinski definition) is 2. The Kier molecular flexibility index (Phi) is 5.08. The summed E-state index contributed by atoms with van der Waals surface area (Å²) < 4.78 is 0. The number of aryl methyl sites for hydroxylation is 1. The van der Waals surface area contributed by atoms with Gasteiger partial charge < -0.3 is 4.98 Å². The molecule has 0 aliphatic carbocycles. The van der Waals surface area contributed by atoms with Crippen molar-refractivity contribution in [3.63, 3.8) is 0 Å².